The largest absolute Gasteiger partial charge is 0.465 e. The van der Waals surface area contributed by atoms with Crippen LogP contribution in [0.2, 0.25) is 0 Å². The number of benzene rings is 1. The van der Waals surface area contributed by atoms with Crippen LogP contribution in [0.15, 0.2) is 0 Å². The number of hydrogen-bond donors (Lipinski definition) is 0. The van der Waals surface area contributed by atoms with E-state index in [2.05, 4.69) is 13.8 Å². The zero-order chi connectivity index (χ0) is 17.7. The zero-order valence-electron chi connectivity index (χ0n) is 15.3. The van der Waals surface area contributed by atoms with Gasteiger partial charge in [-0.3, -0.25) is 0 Å². The SMILES string of the molecule is CCCc1c2c(c(CCC)c(C(=O)OC)c1C(=O)OC)CCCC2. The topological polar surface area (TPSA) is 52.6 Å². The summed E-state index contributed by atoms with van der Waals surface area (Å²) >= 11 is 0. The van der Waals surface area contributed by atoms with Crippen LogP contribution in [0, 0.1) is 0 Å². The van der Waals surface area contributed by atoms with E-state index in [0.29, 0.717) is 11.1 Å². The van der Waals surface area contributed by atoms with Crippen molar-refractivity contribution >= 4 is 11.9 Å². The molecule has 0 heterocycles. The Morgan fingerprint density at radius 3 is 1.46 bits per heavy atom. The molecule has 0 fully saturated rings. The second-order valence-electron chi connectivity index (χ2n) is 6.35. The van der Waals surface area contributed by atoms with Crippen LogP contribution in [0.3, 0.4) is 0 Å². The maximum Gasteiger partial charge on any atom is 0.339 e. The van der Waals surface area contributed by atoms with Crippen LogP contribution in [0.25, 0.3) is 0 Å². The molecule has 0 spiro atoms. The third-order valence-electron chi connectivity index (χ3n) is 4.83. The first-order chi connectivity index (χ1) is 11.6. The summed E-state index contributed by atoms with van der Waals surface area (Å²) in [5.74, 6) is -0.853. The summed E-state index contributed by atoms with van der Waals surface area (Å²) in [4.78, 5) is 25.1. The molecule has 1 aliphatic carbocycles. The van der Waals surface area contributed by atoms with Gasteiger partial charge in [0, 0.05) is 0 Å². The Hall–Kier alpha value is -1.84. The highest BCUT2D eigenvalue weighted by Gasteiger charge is 2.31. The van der Waals surface area contributed by atoms with E-state index in [1.165, 1.54) is 25.3 Å². The third kappa shape index (κ3) is 3.33. The van der Waals surface area contributed by atoms with Crippen molar-refractivity contribution in [2.75, 3.05) is 14.2 Å². The molecule has 0 aliphatic heterocycles. The molecule has 132 valence electrons. The van der Waals surface area contributed by atoms with Crippen molar-refractivity contribution < 1.29 is 19.1 Å². The molecule has 0 aromatic heterocycles. The Balaban J connectivity index is 2.88. The van der Waals surface area contributed by atoms with Gasteiger partial charge in [0.15, 0.2) is 0 Å². The molecular weight excluding hydrogens is 304 g/mol. The number of rotatable bonds is 6. The lowest BCUT2D eigenvalue weighted by Crippen LogP contribution is -2.23. The van der Waals surface area contributed by atoms with E-state index in [1.54, 1.807) is 0 Å². The van der Waals surface area contributed by atoms with Gasteiger partial charge in [0.05, 0.1) is 25.3 Å². The quantitative estimate of drug-likeness (QED) is 0.738. The molecular formula is C20H28O4. The van der Waals surface area contributed by atoms with E-state index in [-0.39, 0.29) is 0 Å². The van der Waals surface area contributed by atoms with E-state index in [4.69, 9.17) is 9.47 Å². The van der Waals surface area contributed by atoms with Crippen LogP contribution in [0.4, 0.5) is 0 Å². The lowest BCUT2D eigenvalue weighted by molar-refractivity contribution is 0.0552. The van der Waals surface area contributed by atoms with Crippen LogP contribution in [0.1, 0.15) is 82.5 Å². The molecule has 24 heavy (non-hydrogen) atoms. The van der Waals surface area contributed by atoms with Crippen LogP contribution >= 0.6 is 0 Å². The van der Waals surface area contributed by atoms with Gasteiger partial charge in [-0.1, -0.05) is 26.7 Å². The van der Waals surface area contributed by atoms with Crippen molar-refractivity contribution in [2.24, 2.45) is 0 Å². The highest BCUT2D eigenvalue weighted by Crippen LogP contribution is 2.36. The van der Waals surface area contributed by atoms with Crippen LogP contribution in [-0.2, 0) is 35.2 Å². The van der Waals surface area contributed by atoms with E-state index in [9.17, 15) is 9.59 Å². The number of ether oxygens (including phenoxy) is 2. The minimum atomic E-state index is -0.426. The minimum Gasteiger partial charge on any atom is -0.465 e. The van der Waals surface area contributed by atoms with Gasteiger partial charge < -0.3 is 9.47 Å². The molecule has 0 amide bonds. The fourth-order valence-corrected chi connectivity index (χ4v) is 3.88. The summed E-state index contributed by atoms with van der Waals surface area (Å²) in [5, 5.41) is 0. The molecule has 0 bridgehead atoms. The maximum atomic E-state index is 12.6. The maximum absolute atomic E-state index is 12.6. The van der Waals surface area contributed by atoms with Gasteiger partial charge in [0.2, 0.25) is 0 Å². The predicted octanol–water partition coefficient (Wildman–Crippen LogP) is 4.04. The van der Waals surface area contributed by atoms with Crippen LogP contribution in [0.5, 0.6) is 0 Å². The Morgan fingerprint density at radius 1 is 0.792 bits per heavy atom. The molecule has 1 aromatic carbocycles. The highest BCUT2D eigenvalue weighted by molar-refractivity contribution is 6.06. The number of carbonyl (C=O) groups excluding carboxylic acids is 2. The van der Waals surface area contributed by atoms with Gasteiger partial charge >= 0.3 is 11.9 Å². The molecule has 4 nitrogen and oxygen atoms in total. The van der Waals surface area contributed by atoms with Crippen molar-refractivity contribution in [1.29, 1.82) is 0 Å². The van der Waals surface area contributed by atoms with Gasteiger partial charge in [-0.2, -0.15) is 0 Å². The number of esters is 2. The normalized spacial score (nSPS) is 13.3. The molecule has 0 saturated heterocycles. The van der Waals surface area contributed by atoms with E-state index in [0.717, 1.165) is 62.5 Å². The zero-order valence-corrected chi connectivity index (χ0v) is 15.3. The molecule has 1 aromatic rings. The lowest BCUT2D eigenvalue weighted by atomic mass is 9.77. The average Bonchev–Trinajstić information content (AvgIpc) is 2.62. The molecule has 4 heteroatoms. The highest BCUT2D eigenvalue weighted by atomic mass is 16.5. The number of hydrogen-bond acceptors (Lipinski definition) is 4. The Morgan fingerprint density at radius 2 is 1.17 bits per heavy atom. The second-order valence-corrected chi connectivity index (χ2v) is 6.35. The first-order valence-electron chi connectivity index (χ1n) is 8.96. The van der Waals surface area contributed by atoms with E-state index >= 15 is 0 Å². The van der Waals surface area contributed by atoms with Crippen molar-refractivity contribution in [1.82, 2.24) is 0 Å². The van der Waals surface area contributed by atoms with Crippen molar-refractivity contribution in [3.05, 3.63) is 33.4 Å². The molecule has 0 N–H and O–H groups in total. The number of fused-ring (bicyclic) bond motifs is 1. The third-order valence-corrected chi connectivity index (χ3v) is 4.83. The van der Waals surface area contributed by atoms with Gasteiger partial charge in [-0.05, 0) is 60.8 Å². The van der Waals surface area contributed by atoms with Crippen LogP contribution in [-0.4, -0.2) is 26.2 Å². The fourth-order valence-electron chi connectivity index (χ4n) is 3.88. The van der Waals surface area contributed by atoms with Crippen molar-refractivity contribution in [2.45, 2.75) is 65.2 Å². The summed E-state index contributed by atoms with van der Waals surface area (Å²) in [6.45, 7) is 4.18. The van der Waals surface area contributed by atoms with Gasteiger partial charge in [0.1, 0.15) is 0 Å². The molecule has 1 aliphatic rings. The molecule has 2 rings (SSSR count). The van der Waals surface area contributed by atoms with Gasteiger partial charge in [-0.15, -0.1) is 0 Å². The monoisotopic (exact) mass is 332 g/mol. The smallest absolute Gasteiger partial charge is 0.339 e. The summed E-state index contributed by atoms with van der Waals surface area (Å²) in [7, 11) is 2.75. The summed E-state index contributed by atoms with van der Waals surface area (Å²) in [6, 6.07) is 0. The molecule has 0 unspecified atom stereocenters. The van der Waals surface area contributed by atoms with Crippen LogP contribution < -0.4 is 0 Å². The molecule has 0 saturated carbocycles. The Kier molecular flexibility index (Phi) is 6.41. The first-order valence-corrected chi connectivity index (χ1v) is 8.96. The predicted molar refractivity (Wildman–Crippen MR) is 93.8 cm³/mol. The van der Waals surface area contributed by atoms with Crippen molar-refractivity contribution in [3.63, 3.8) is 0 Å². The first kappa shape index (κ1) is 18.5. The molecule has 0 atom stereocenters. The Bertz CT molecular complexity index is 576. The summed E-state index contributed by atoms with van der Waals surface area (Å²) in [5.41, 5.74) is 5.43. The van der Waals surface area contributed by atoms with E-state index < -0.39 is 11.9 Å². The fraction of sp³-hybridized carbons (Fsp3) is 0.600. The van der Waals surface area contributed by atoms with Gasteiger partial charge in [-0.25, -0.2) is 9.59 Å². The second kappa shape index (κ2) is 8.32. The van der Waals surface area contributed by atoms with Gasteiger partial charge in [0.25, 0.3) is 0 Å². The molecule has 0 radical (unpaired) electrons. The number of methoxy groups -OCH3 is 2. The van der Waals surface area contributed by atoms with E-state index in [1.807, 2.05) is 0 Å². The van der Waals surface area contributed by atoms with Crippen molar-refractivity contribution in [3.8, 4) is 0 Å². The average molecular weight is 332 g/mol. The number of carbonyl (C=O) groups is 2. The minimum absolute atomic E-state index is 0.426. The lowest BCUT2D eigenvalue weighted by Gasteiger charge is -2.27. The standard InChI is InChI=1S/C20H28O4/c1-5-9-15-13-11-7-8-12-14(13)16(10-6-2)18(20(22)24-4)17(15)19(21)23-3/h5-12H2,1-4H3. The summed E-state index contributed by atoms with van der Waals surface area (Å²) < 4.78 is 10.1. The Labute approximate surface area is 144 Å². The summed E-state index contributed by atoms with van der Waals surface area (Å²) in [6.07, 6.45) is 7.63.